The quantitative estimate of drug-likeness (QED) is 0.627. The van der Waals surface area contributed by atoms with E-state index in [1.165, 1.54) is 0 Å². The van der Waals surface area contributed by atoms with E-state index in [0.29, 0.717) is 27.8 Å². The Morgan fingerprint density at radius 1 is 1.28 bits per heavy atom. The van der Waals surface area contributed by atoms with Gasteiger partial charge in [-0.05, 0) is 37.2 Å². The predicted molar refractivity (Wildman–Crippen MR) is 94.4 cm³/mol. The third kappa shape index (κ3) is 3.52. The summed E-state index contributed by atoms with van der Waals surface area (Å²) in [7, 11) is 4.70. The number of methoxy groups -OCH3 is 3. The van der Waals surface area contributed by atoms with Crippen LogP contribution in [0.15, 0.2) is 17.2 Å². The molecular weight excluding hydrogens is 344 g/mol. The fraction of sp³-hybridized carbons (Fsp3) is 0.438. The highest BCUT2D eigenvalue weighted by molar-refractivity contribution is 7.71. The molecular formula is C16H20N4O4S. The van der Waals surface area contributed by atoms with Crippen LogP contribution in [0.2, 0.25) is 0 Å². The zero-order valence-electron chi connectivity index (χ0n) is 14.3. The monoisotopic (exact) mass is 364 g/mol. The van der Waals surface area contributed by atoms with E-state index < -0.39 is 0 Å². The second-order valence-electron chi connectivity index (χ2n) is 5.40. The number of ether oxygens (including phenoxy) is 4. The molecule has 2 heterocycles. The Bertz CT molecular complexity index is 799. The highest BCUT2D eigenvalue weighted by Gasteiger charge is 2.23. The van der Waals surface area contributed by atoms with Crippen molar-refractivity contribution in [2.75, 3.05) is 27.9 Å². The minimum absolute atomic E-state index is 0.0926. The Labute approximate surface area is 150 Å². The summed E-state index contributed by atoms with van der Waals surface area (Å²) in [5.41, 5.74) is 0.774. The van der Waals surface area contributed by atoms with Gasteiger partial charge in [0.05, 0.1) is 27.5 Å². The Morgan fingerprint density at radius 3 is 2.56 bits per heavy atom. The van der Waals surface area contributed by atoms with Gasteiger partial charge in [0.15, 0.2) is 17.3 Å². The lowest BCUT2D eigenvalue weighted by molar-refractivity contribution is 0.102. The van der Waals surface area contributed by atoms with Gasteiger partial charge in [0.2, 0.25) is 10.5 Å². The van der Waals surface area contributed by atoms with Crippen LogP contribution in [0.4, 0.5) is 0 Å². The number of hydrogen-bond donors (Lipinski definition) is 1. The van der Waals surface area contributed by atoms with Crippen LogP contribution in [0.5, 0.6) is 17.2 Å². The Kier molecular flexibility index (Phi) is 5.34. The van der Waals surface area contributed by atoms with Crippen LogP contribution in [-0.2, 0) is 4.74 Å². The molecule has 8 nitrogen and oxygen atoms in total. The van der Waals surface area contributed by atoms with E-state index in [1.54, 1.807) is 44.4 Å². The normalized spacial score (nSPS) is 17.2. The summed E-state index contributed by atoms with van der Waals surface area (Å²) in [6.07, 6.45) is 3.47. The first-order valence-electron chi connectivity index (χ1n) is 7.81. The molecule has 1 aliphatic heterocycles. The lowest BCUT2D eigenvalue weighted by Crippen LogP contribution is -2.05. The summed E-state index contributed by atoms with van der Waals surface area (Å²) >= 11 is 5.27. The fourth-order valence-corrected chi connectivity index (χ4v) is 2.89. The van der Waals surface area contributed by atoms with E-state index in [4.69, 9.17) is 31.2 Å². The average Bonchev–Trinajstić information content (AvgIpc) is 3.28. The molecule has 2 aromatic rings. The van der Waals surface area contributed by atoms with Crippen LogP contribution in [0, 0.1) is 4.77 Å². The molecule has 0 saturated carbocycles. The summed E-state index contributed by atoms with van der Waals surface area (Å²) in [5, 5.41) is 11.5. The van der Waals surface area contributed by atoms with Crippen molar-refractivity contribution in [2.45, 2.75) is 18.9 Å². The number of nitrogens with zero attached hydrogens (tertiary/aromatic N) is 3. The van der Waals surface area contributed by atoms with Crippen LogP contribution < -0.4 is 14.2 Å². The van der Waals surface area contributed by atoms with Gasteiger partial charge in [0.1, 0.15) is 6.10 Å². The first-order chi connectivity index (χ1) is 12.2. The molecule has 1 N–H and O–H groups in total. The van der Waals surface area contributed by atoms with E-state index in [-0.39, 0.29) is 6.10 Å². The zero-order chi connectivity index (χ0) is 17.8. The highest BCUT2D eigenvalue weighted by atomic mass is 32.1. The number of hydrogen-bond acceptors (Lipinski definition) is 7. The van der Waals surface area contributed by atoms with Crippen molar-refractivity contribution in [3.8, 4) is 17.2 Å². The molecule has 0 amide bonds. The topological polar surface area (TPSA) is 82.9 Å². The van der Waals surface area contributed by atoms with E-state index >= 15 is 0 Å². The molecule has 1 saturated heterocycles. The maximum absolute atomic E-state index is 5.67. The molecule has 1 aromatic carbocycles. The molecule has 134 valence electrons. The van der Waals surface area contributed by atoms with Gasteiger partial charge in [0.25, 0.3) is 0 Å². The van der Waals surface area contributed by atoms with Crippen molar-refractivity contribution in [3.05, 3.63) is 28.3 Å². The largest absolute Gasteiger partial charge is 0.493 e. The summed E-state index contributed by atoms with van der Waals surface area (Å²) in [4.78, 5) is 0. The minimum Gasteiger partial charge on any atom is -0.493 e. The number of benzene rings is 1. The average molecular weight is 364 g/mol. The van der Waals surface area contributed by atoms with Crippen LogP contribution in [0.3, 0.4) is 0 Å². The third-order valence-electron chi connectivity index (χ3n) is 3.90. The van der Waals surface area contributed by atoms with E-state index in [9.17, 15) is 0 Å². The molecule has 9 heteroatoms. The van der Waals surface area contributed by atoms with Crippen molar-refractivity contribution >= 4 is 18.4 Å². The maximum Gasteiger partial charge on any atom is 0.216 e. The molecule has 0 spiro atoms. The summed E-state index contributed by atoms with van der Waals surface area (Å²) in [6, 6.07) is 3.61. The number of nitrogens with one attached hydrogen (secondary N) is 1. The second kappa shape index (κ2) is 7.66. The fourth-order valence-electron chi connectivity index (χ4n) is 2.71. The smallest absolute Gasteiger partial charge is 0.216 e. The summed E-state index contributed by atoms with van der Waals surface area (Å²) in [5.74, 6) is 2.31. The Morgan fingerprint density at radius 2 is 2.00 bits per heavy atom. The third-order valence-corrected chi connectivity index (χ3v) is 4.17. The van der Waals surface area contributed by atoms with E-state index in [0.717, 1.165) is 25.0 Å². The molecule has 0 radical (unpaired) electrons. The molecule has 0 aliphatic carbocycles. The molecule has 1 aliphatic rings. The van der Waals surface area contributed by atoms with Gasteiger partial charge < -0.3 is 18.9 Å². The Balaban J connectivity index is 1.95. The number of rotatable bonds is 6. The number of aromatic amines is 1. The first kappa shape index (κ1) is 17.4. The molecule has 25 heavy (non-hydrogen) atoms. The molecule has 1 fully saturated rings. The summed E-state index contributed by atoms with van der Waals surface area (Å²) in [6.45, 7) is 0.723. The van der Waals surface area contributed by atoms with Gasteiger partial charge in [-0.15, -0.1) is 0 Å². The van der Waals surface area contributed by atoms with Gasteiger partial charge in [-0.3, -0.25) is 5.10 Å². The van der Waals surface area contributed by atoms with E-state index in [1.807, 2.05) is 0 Å². The second-order valence-corrected chi connectivity index (χ2v) is 5.79. The lowest BCUT2D eigenvalue weighted by Gasteiger charge is -2.12. The number of H-pyrrole nitrogens is 1. The lowest BCUT2D eigenvalue weighted by atomic mass is 10.2. The van der Waals surface area contributed by atoms with Crippen molar-refractivity contribution in [3.63, 3.8) is 0 Å². The first-order valence-corrected chi connectivity index (χ1v) is 8.22. The van der Waals surface area contributed by atoms with Gasteiger partial charge in [-0.25, -0.2) is 0 Å². The van der Waals surface area contributed by atoms with Gasteiger partial charge in [-0.1, -0.05) is 0 Å². The van der Waals surface area contributed by atoms with Crippen molar-refractivity contribution in [1.82, 2.24) is 14.9 Å². The van der Waals surface area contributed by atoms with Gasteiger partial charge in [-0.2, -0.15) is 14.9 Å². The Hall–Kier alpha value is -2.39. The van der Waals surface area contributed by atoms with Crippen molar-refractivity contribution < 1.29 is 18.9 Å². The minimum atomic E-state index is -0.0926. The van der Waals surface area contributed by atoms with E-state index in [2.05, 4.69) is 15.3 Å². The van der Waals surface area contributed by atoms with Gasteiger partial charge in [0, 0.05) is 12.2 Å². The summed E-state index contributed by atoms with van der Waals surface area (Å²) < 4.78 is 23.7. The maximum atomic E-state index is 5.67. The molecule has 0 bridgehead atoms. The molecule has 1 atom stereocenters. The molecule has 3 rings (SSSR count). The standard InChI is InChI=1S/C16H20N4O4S/c1-21-12-7-10(8-13(22-2)14(12)23-3)9-17-20-15(18-19-16(20)25)11-5-4-6-24-11/h7-9,11H,4-6H2,1-3H3,(H,19,25)/b17-9-/t11-/m0/s1. The molecule has 1 aromatic heterocycles. The SMILES string of the molecule is COc1cc(/C=N\n2c([C@@H]3CCCO3)n[nH]c2=S)cc(OC)c1OC. The highest BCUT2D eigenvalue weighted by Crippen LogP contribution is 2.37. The zero-order valence-corrected chi connectivity index (χ0v) is 15.1. The van der Waals surface area contributed by atoms with Crippen LogP contribution >= 0.6 is 12.2 Å². The van der Waals surface area contributed by atoms with Crippen LogP contribution in [-0.4, -0.2) is 49.0 Å². The van der Waals surface area contributed by atoms with Crippen molar-refractivity contribution in [1.29, 1.82) is 0 Å². The predicted octanol–water partition coefficient (Wildman–Crippen LogP) is 2.70. The van der Waals surface area contributed by atoms with Crippen LogP contribution in [0.1, 0.15) is 30.3 Å². The van der Waals surface area contributed by atoms with Crippen LogP contribution in [0.25, 0.3) is 0 Å². The molecule has 0 unspecified atom stereocenters. The van der Waals surface area contributed by atoms with Crippen molar-refractivity contribution in [2.24, 2.45) is 5.10 Å². The number of aromatic nitrogens is 3. The van der Waals surface area contributed by atoms with Gasteiger partial charge >= 0.3 is 0 Å².